The maximum absolute atomic E-state index is 10.3. The van der Waals surface area contributed by atoms with Crippen LogP contribution in [-0.4, -0.2) is 28.8 Å². The summed E-state index contributed by atoms with van der Waals surface area (Å²) in [7, 11) is 1.86. The van der Waals surface area contributed by atoms with Crippen molar-refractivity contribution in [2.75, 3.05) is 13.2 Å². The Morgan fingerprint density at radius 2 is 2.57 bits per heavy atom. The molecule has 0 aliphatic heterocycles. The molecule has 1 amide bonds. The third kappa shape index (κ3) is 4.01. The number of hydrogen-bond acceptors (Lipinski definition) is 4. The van der Waals surface area contributed by atoms with Crippen LogP contribution in [0.1, 0.15) is 5.56 Å². The van der Waals surface area contributed by atoms with E-state index in [1.807, 2.05) is 13.2 Å². The van der Waals surface area contributed by atoms with Crippen molar-refractivity contribution in [2.24, 2.45) is 12.8 Å². The number of hydroxylamine groups is 1. The Hall–Kier alpha value is -1.40. The van der Waals surface area contributed by atoms with Crippen molar-refractivity contribution in [3.8, 4) is 0 Å². The Balaban J connectivity index is 2.07. The molecule has 0 atom stereocenters. The average Bonchev–Trinajstić information content (AvgIpc) is 2.50. The van der Waals surface area contributed by atoms with Crippen LogP contribution in [0.3, 0.4) is 0 Å². The van der Waals surface area contributed by atoms with E-state index in [2.05, 4.69) is 10.6 Å². The SMILES string of the molecule is Cn1cc(CCNOCC(N)=O)cn1. The number of nitrogens with two attached hydrogens (primary N) is 1. The average molecular weight is 198 g/mol. The van der Waals surface area contributed by atoms with Crippen LogP contribution in [0.25, 0.3) is 0 Å². The number of aryl methyl sites for hydroxylation is 1. The van der Waals surface area contributed by atoms with Gasteiger partial charge in [0.15, 0.2) is 0 Å². The molecular formula is C8H14N4O2. The zero-order valence-electron chi connectivity index (χ0n) is 8.06. The second-order valence-electron chi connectivity index (χ2n) is 2.92. The molecule has 1 heterocycles. The molecule has 0 aliphatic carbocycles. The number of hydrogen-bond donors (Lipinski definition) is 2. The van der Waals surface area contributed by atoms with E-state index < -0.39 is 5.91 Å². The molecule has 0 unspecified atom stereocenters. The van der Waals surface area contributed by atoms with Gasteiger partial charge in [-0.3, -0.25) is 14.3 Å². The van der Waals surface area contributed by atoms with Gasteiger partial charge in [0.1, 0.15) is 6.61 Å². The predicted octanol–water partition coefficient (Wildman–Crippen LogP) is -1.03. The number of rotatable bonds is 6. The first-order chi connectivity index (χ1) is 6.68. The predicted molar refractivity (Wildman–Crippen MR) is 50.1 cm³/mol. The summed E-state index contributed by atoms with van der Waals surface area (Å²) >= 11 is 0. The van der Waals surface area contributed by atoms with Gasteiger partial charge in [0.05, 0.1) is 6.20 Å². The lowest BCUT2D eigenvalue weighted by molar-refractivity contribution is -0.125. The van der Waals surface area contributed by atoms with Crippen molar-refractivity contribution in [3.05, 3.63) is 18.0 Å². The summed E-state index contributed by atoms with van der Waals surface area (Å²) in [6.45, 7) is 0.520. The first kappa shape index (κ1) is 10.7. The number of carbonyl (C=O) groups is 1. The van der Waals surface area contributed by atoms with Crippen LogP contribution in [0.2, 0.25) is 0 Å². The third-order valence-corrected chi connectivity index (χ3v) is 1.59. The van der Waals surface area contributed by atoms with Gasteiger partial charge in [0, 0.05) is 19.8 Å². The van der Waals surface area contributed by atoms with Gasteiger partial charge in [-0.25, -0.2) is 5.48 Å². The minimum absolute atomic E-state index is 0.104. The molecular weight excluding hydrogens is 184 g/mol. The molecule has 0 saturated heterocycles. The molecule has 0 spiro atoms. The molecule has 0 aliphatic rings. The number of nitrogens with one attached hydrogen (secondary N) is 1. The van der Waals surface area contributed by atoms with Crippen molar-refractivity contribution in [1.29, 1.82) is 0 Å². The number of primary amides is 1. The molecule has 1 rings (SSSR count). The molecule has 1 aromatic heterocycles. The van der Waals surface area contributed by atoms with E-state index >= 15 is 0 Å². The summed E-state index contributed by atoms with van der Waals surface area (Å²) in [6.07, 6.45) is 4.51. The summed E-state index contributed by atoms with van der Waals surface area (Å²) in [6, 6.07) is 0. The molecule has 0 radical (unpaired) electrons. The van der Waals surface area contributed by atoms with Gasteiger partial charge in [0.25, 0.3) is 0 Å². The molecule has 0 saturated carbocycles. The standard InChI is InChI=1S/C8H14N4O2/c1-12-5-7(4-10-12)2-3-11-14-6-8(9)13/h4-5,11H,2-3,6H2,1H3,(H2,9,13). The Kier molecular flexibility index (Phi) is 4.09. The smallest absolute Gasteiger partial charge is 0.245 e. The lowest BCUT2D eigenvalue weighted by Crippen LogP contribution is -2.26. The Labute approximate surface area is 82.0 Å². The second kappa shape index (κ2) is 5.36. The molecule has 3 N–H and O–H groups in total. The van der Waals surface area contributed by atoms with Crippen molar-refractivity contribution >= 4 is 5.91 Å². The number of aromatic nitrogens is 2. The molecule has 0 fully saturated rings. The number of nitrogens with zero attached hydrogens (tertiary/aromatic N) is 2. The van der Waals surface area contributed by atoms with E-state index in [4.69, 9.17) is 10.6 Å². The summed E-state index contributed by atoms with van der Waals surface area (Å²) in [5.41, 5.74) is 8.62. The van der Waals surface area contributed by atoms with Crippen molar-refractivity contribution in [2.45, 2.75) is 6.42 Å². The monoisotopic (exact) mass is 198 g/mol. The highest BCUT2D eigenvalue weighted by Gasteiger charge is 1.96. The molecule has 6 nitrogen and oxygen atoms in total. The minimum Gasteiger partial charge on any atom is -0.368 e. The third-order valence-electron chi connectivity index (χ3n) is 1.59. The summed E-state index contributed by atoms with van der Waals surface area (Å²) in [5, 5.41) is 4.02. The van der Waals surface area contributed by atoms with Crippen LogP contribution in [0.15, 0.2) is 12.4 Å². The van der Waals surface area contributed by atoms with Crippen LogP contribution < -0.4 is 11.2 Å². The summed E-state index contributed by atoms with van der Waals surface area (Å²) in [4.78, 5) is 15.1. The van der Waals surface area contributed by atoms with Gasteiger partial charge in [0.2, 0.25) is 5.91 Å². The van der Waals surface area contributed by atoms with Gasteiger partial charge < -0.3 is 5.73 Å². The van der Waals surface area contributed by atoms with E-state index in [1.54, 1.807) is 10.9 Å². The summed E-state index contributed by atoms with van der Waals surface area (Å²) in [5.74, 6) is -0.487. The maximum Gasteiger partial charge on any atom is 0.245 e. The van der Waals surface area contributed by atoms with Crippen LogP contribution in [0.4, 0.5) is 0 Å². The topological polar surface area (TPSA) is 82.2 Å². The largest absolute Gasteiger partial charge is 0.368 e. The van der Waals surface area contributed by atoms with E-state index in [0.717, 1.165) is 12.0 Å². The van der Waals surface area contributed by atoms with Crippen molar-refractivity contribution in [1.82, 2.24) is 15.3 Å². The first-order valence-electron chi connectivity index (χ1n) is 4.29. The van der Waals surface area contributed by atoms with Crippen molar-refractivity contribution in [3.63, 3.8) is 0 Å². The molecule has 14 heavy (non-hydrogen) atoms. The highest BCUT2D eigenvalue weighted by molar-refractivity contribution is 5.74. The highest BCUT2D eigenvalue weighted by Crippen LogP contribution is 1.95. The fraction of sp³-hybridized carbons (Fsp3) is 0.500. The quantitative estimate of drug-likeness (QED) is 0.452. The fourth-order valence-corrected chi connectivity index (χ4v) is 0.991. The van der Waals surface area contributed by atoms with Crippen LogP contribution in [0, 0.1) is 0 Å². The Morgan fingerprint density at radius 1 is 1.79 bits per heavy atom. The van der Waals surface area contributed by atoms with Gasteiger partial charge in [-0.15, -0.1) is 0 Å². The highest BCUT2D eigenvalue weighted by atomic mass is 16.6. The van der Waals surface area contributed by atoms with E-state index in [0.29, 0.717) is 6.54 Å². The zero-order valence-corrected chi connectivity index (χ0v) is 8.06. The van der Waals surface area contributed by atoms with Crippen molar-refractivity contribution < 1.29 is 9.63 Å². The Bertz CT molecular complexity index is 297. The molecule has 1 aromatic rings. The first-order valence-corrected chi connectivity index (χ1v) is 4.29. The van der Waals surface area contributed by atoms with E-state index in [9.17, 15) is 4.79 Å². The van der Waals surface area contributed by atoms with Crippen LogP contribution in [0.5, 0.6) is 0 Å². The molecule has 6 heteroatoms. The van der Waals surface area contributed by atoms with Crippen LogP contribution >= 0.6 is 0 Å². The molecule has 78 valence electrons. The minimum atomic E-state index is -0.487. The lowest BCUT2D eigenvalue weighted by Gasteiger charge is -2.01. The Morgan fingerprint density at radius 3 is 3.14 bits per heavy atom. The zero-order chi connectivity index (χ0) is 10.4. The van der Waals surface area contributed by atoms with Gasteiger partial charge >= 0.3 is 0 Å². The van der Waals surface area contributed by atoms with Gasteiger partial charge in [-0.05, 0) is 12.0 Å². The molecule has 0 aromatic carbocycles. The fourth-order valence-electron chi connectivity index (χ4n) is 0.991. The number of amides is 1. The maximum atomic E-state index is 10.3. The number of carbonyl (C=O) groups excluding carboxylic acids is 1. The van der Waals surface area contributed by atoms with Gasteiger partial charge in [-0.1, -0.05) is 0 Å². The van der Waals surface area contributed by atoms with E-state index in [1.165, 1.54) is 0 Å². The lowest BCUT2D eigenvalue weighted by atomic mass is 10.3. The second-order valence-corrected chi connectivity index (χ2v) is 2.92. The normalized spacial score (nSPS) is 10.4. The summed E-state index contributed by atoms with van der Waals surface area (Å²) < 4.78 is 1.74. The van der Waals surface area contributed by atoms with Gasteiger partial charge in [-0.2, -0.15) is 5.10 Å². The van der Waals surface area contributed by atoms with Crippen LogP contribution in [-0.2, 0) is 23.1 Å². The molecule has 0 bridgehead atoms. The van der Waals surface area contributed by atoms with E-state index in [-0.39, 0.29) is 6.61 Å².